The van der Waals surface area contributed by atoms with E-state index in [2.05, 4.69) is 15.9 Å². The second-order valence-electron chi connectivity index (χ2n) is 4.51. The van der Waals surface area contributed by atoms with Gasteiger partial charge in [-0.25, -0.2) is 4.39 Å². The first kappa shape index (κ1) is 15.8. The zero-order chi connectivity index (χ0) is 15.2. The molecule has 0 aliphatic heterocycles. The molecule has 2 aromatic rings. The maximum Gasteiger partial charge on any atom is 0.132 e. The summed E-state index contributed by atoms with van der Waals surface area (Å²) in [6.07, 6.45) is -0.834. The summed E-state index contributed by atoms with van der Waals surface area (Å²) in [6.45, 7) is 2.18. The lowest BCUT2D eigenvalue weighted by Gasteiger charge is -2.11. The van der Waals surface area contributed by atoms with Crippen LogP contribution in [0, 0.1) is 5.82 Å². The Balaban J connectivity index is 1.82. The molecule has 2 aromatic carbocycles. The van der Waals surface area contributed by atoms with E-state index < -0.39 is 11.9 Å². The van der Waals surface area contributed by atoms with E-state index >= 15 is 0 Å². The molecule has 112 valence electrons. The molecule has 3 nitrogen and oxygen atoms in total. The minimum Gasteiger partial charge on any atom is -0.490 e. The van der Waals surface area contributed by atoms with Crippen LogP contribution in [0.4, 0.5) is 4.39 Å². The van der Waals surface area contributed by atoms with Gasteiger partial charge in [0.05, 0.1) is 6.10 Å². The molecule has 2 rings (SSSR count). The van der Waals surface area contributed by atoms with Gasteiger partial charge >= 0.3 is 0 Å². The number of ether oxygens (including phenoxy) is 2. The van der Waals surface area contributed by atoms with Crippen LogP contribution in [0.25, 0.3) is 0 Å². The van der Waals surface area contributed by atoms with Gasteiger partial charge in [0.2, 0.25) is 0 Å². The Morgan fingerprint density at radius 2 is 1.76 bits per heavy atom. The third-order valence-corrected chi connectivity index (χ3v) is 3.33. The molecule has 0 saturated heterocycles. The van der Waals surface area contributed by atoms with Gasteiger partial charge in [-0.3, -0.25) is 0 Å². The van der Waals surface area contributed by atoms with E-state index in [0.29, 0.717) is 19.0 Å². The van der Waals surface area contributed by atoms with Crippen LogP contribution in [0.2, 0.25) is 0 Å². The second kappa shape index (κ2) is 7.43. The van der Waals surface area contributed by atoms with Crippen molar-refractivity contribution in [3.63, 3.8) is 0 Å². The Bertz CT molecular complexity index is 602. The molecule has 1 N–H and O–H groups in total. The van der Waals surface area contributed by atoms with Crippen molar-refractivity contribution < 1.29 is 19.0 Å². The van der Waals surface area contributed by atoms with Crippen molar-refractivity contribution in [2.45, 2.75) is 13.0 Å². The molecule has 0 aromatic heterocycles. The summed E-state index contributed by atoms with van der Waals surface area (Å²) in [5, 5.41) is 9.35. The minimum atomic E-state index is -0.834. The normalized spacial score (nSPS) is 12.0. The number of hydrogen-bond donors (Lipinski definition) is 1. The van der Waals surface area contributed by atoms with Gasteiger partial charge in [0.15, 0.2) is 0 Å². The van der Waals surface area contributed by atoms with Crippen LogP contribution in [0.3, 0.4) is 0 Å². The van der Waals surface area contributed by atoms with Gasteiger partial charge in [0.1, 0.15) is 30.5 Å². The topological polar surface area (TPSA) is 38.7 Å². The smallest absolute Gasteiger partial charge is 0.132 e. The average molecular weight is 355 g/mol. The maximum atomic E-state index is 13.6. The molecular formula is C16H16BrFO3. The van der Waals surface area contributed by atoms with Crippen LogP contribution < -0.4 is 9.47 Å². The van der Waals surface area contributed by atoms with Crippen LogP contribution in [0.1, 0.15) is 18.6 Å². The molecule has 0 heterocycles. The molecule has 0 radical (unpaired) electrons. The van der Waals surface area contributed by atoms with E-state index in [1.807, 2.05) is 24.3 Å². The van der Waals surface area contributed by atoms with Gasteiger partial charge < -0.3 is 14.6 Å². The number of rotatable bonds is 6. The summed E-state index contributed by atoms with van der Waals surface area (Å²) in [5.74, 6) is 0.675. The molecule has 0 spiro atoms. The molecule has 0 amide bonds. The van der Waals surface area contributed by atoms with Gasteiger partial charge in [-0.15, -0.1) is 0 Å². The van der Waals surface area contributed by atoms with Gasteiger partial charge in [0, 0.05) is 16.1 Å². The van der Waals surface area contributed by atoms with E-state index in [4.69, 9.17) is 9.47 Å². The fourth-order valence-electron chi connectivity index (χ4n) is 1.81. The minimum absolute atomic E-state index is 0.257. The predicted molar refractivity (Wildman–Crippen MR) is 82.2 cm³/mol. The SMILES string of the molecule is CC(O)c1ccc(OCCOc2cccc(Br)c2)cc1F. The van der Waals surface area contributed by atoms with Crippen molar-refractivity contribution in [2.24, 2.45) is 0 Å². The lowest BCUT2D eigenvalue weighted by atomic mass is 10.1. The van der Waals surface area contributed by atoms with Crippen molar-refractivity contribution in [3.8, 4) is 11.5 Å². The monoisotopic (exact) mass is 354 g/mol. The molecule has 5 heteroatoms. The van der Waals surface area contributed by atoms with E-state index in [1.54, 1.807) is 6.07 Å². The summed E-state index contributed by atoms with van der Waals surface area (Å²) in [7, 11) is 0. The summed E-state index contributed by atoms with van der Waals surface area (Å²) >= 11 is 3.36. The largest absolute Gasteiger partial charge is 0.490 e. The first-order valence-electron chi connectivity index (χ1n) is 6.55. The van der Waals surface area contributed by atoms with E-state index in [9.17, 15) is 9.50 Å². The van der Waals surface area contributed by atoms with E-state index in [1.165, 1.54) is 19.1 Å². The molecule has 21 heavy (non-hydrogen) atoms. The molecular weight excluding hydrogens is 339 g/mol. The van der Waals surface area contributed by atoms with Crippen LogP contribution in [-0.4, -0.2) is 18.3 Å². The van der Waals surface area contributed by atoms with Crippen LogP contribution in [0.15, 0.2) is 46.9 Å². The zero-order valence-electron chi connectivity index (χ0n) is 11.6. The Morgan fingerprint density at radius 3 is 2.33 bits per heavy atom. The van der Waals surface area contributed by atoms with Crippen molar-refractivity contribution >= 4 is 15.9 Å². The highest BCUT2D eigenvalue weighted by Crippen LogP contribution is 2.22. The summed E-state index contributed by atoms with van der Waals surface area (Å²) in [6, 6.07) is 11.9. The van der Waals surface area contributed by atoms with Gasteiger partial charge in [-0.2, -0.15) is 0 Å². The predicted octanol–water partition coefficient (Wildman–Crippen LogP) is 4.10. The van der Waals surface area contributed by atoms with Crippen molar-refractivity contribution in [2.75, 3.05) is 13.2 Å². The highest BCUT2D eigenvalue weighted by Gasteiger charge is 2.08. The molecule has 1 atom stereocenters. The fourth-order valence-corrected chi connectivity index (χ4v) is 2.19. The standard InChI is InChI=1S/C16H16BrFO3/c1-11(19)15-6-5-14(10-16(15)18)21-8-7-20-13-4-2-3-12(17)9-13/h2-6,9-11,19H,7-8H2,1H3. The molecule has 0 saturated carbocycles. The van der Waals surface area contributed by atoms with Gasteiger partial charge in [-0.05, 0) is 37.3 Å². The summed E-state index contributed by atoms with van der Waals surface area (Å²) in [4.78, 5) is 0. The third kappa shape index (κ3) is 4.72. The number of hydrogen-bond acceptors (Lipinski definition) is 3. The van der Waals surface area contributed by atoms with Crippen molar-refractivity contribution in [3.05, 3.63) is 58.3 Å². The molecule has 0 aliphatic carbocycles. The average Bonchev–Trinajstić information content (AvgIpc) is 2.43. The number of halogens is 2. The number of aliphatic hydroxyl groups is 1. The Hall–Kier alpha value is -1.59. The van der Waals surface area contributed by atoms with E-state index in [-0.39, 0.29) is 5.56 Å². The second-order valence-corrected chi connectivity index (χ2v) is 5.43. The lowest BCUT2D eigenvalue weighted by molar-refractivity contribution is 0.193. The lowest BCUT2D eigenvalue weighted by Crippen LogP contribution is -2.09. The highest BCUT2D eigenvalue weighted by atomic mass is 79.9. The molecule has 0 bridgehead atoms. The van der Waals surface area contributed by atoms with E-state index in [0.717, 1.165) is 10.2 Å². The first-order chi connectivity index (χ1) is 10.1. The Kier molecular flexibility index (Phi) is 5.59. The van der Waals surface area contributed by atoms with Gasteiger partial charge in [0.25, 0.3) is 0 Å². The quantitative estimate of drug-likeness (QED) is 0.793. The van der Waals surface area contributed by atoms with Crippen LogP contribution >= 0.6 is 15.9 Å². The van der Waals surface area contributed by atoms with Crippen LogP contribution in [-0.2, 0) is 0 Å². The Labute approximate surface area is 131 Å². The summed E-state index contributed by atoms with van der Waals surface area (Å²) < 4.78 is 25.5. The van der Waals surface area contributed by atoms with Crippen molar-refractivity contribution in [1.29, 1.82) is 0 Å². The molecule has 0 aliphatic rings. The van der Waals surface area contributed by atoms with Crippen molar-refractivity contribution in [1.82, 2.24) is 0 Å². The fraction of sp³-hybridized carbons (Fsp3) is 0.250. The third-order valence-electron chi connectivity index (χ3n) is 2.84. The zero-order valence-corrected chi connectivity index (χ0v) is 13.1. The molecule has 1 unspecified atom stereocenters. The van der Waals surface area contributed by atoms with Gasteiger partial charge in [-0.1, -0.05) is 22.0 Å². The molecule has 0 fully saturated rings. The maximum absolute atomic E-state index is 13.6. The highest BCUT2D eigenvalue weighted by molar-refractivity contribution is 9.10. The first-order valence-corrected chi connectivity index (χ1v) is 7.34. The van der Waals surface area contributed by atoms with Crippen LogP contribution in [0.5, 0.6) is 11.5 Å². The number of aliphatic hydroxyl groups excluding tert-OH is 1. The Morgan fingerprint density at radius 1 is 1.10 bits per heavy atom. The number of benzene rings is 2. The summed E-state index contributed by atoms with van der Waals surface area (Å²) in [5.41, 5.74) is 0.257.